The Kier molecular flexibility index (Phi) is 6.37. The van der Waals surface area contributed by atoms with Gasteiger partial charge in [-0.05, 0) is 62.0 Å². The Balaban J connectivity index is 2.00. The van der Waals surface area contributed by atoms with Crippen LogP contribution in [-0.4, -0.2) is 37.3 Å². The molecule has 0 bridgehead atoms. The summed E-state index contributed by atoms with van der Waals surface area (Å²) in [7, 11) is 3.03. The standard InChI is InChI=1S/C22H22N2O5S/c1-13(2)29-18-10-9-14(12-19(18)28-4)11-15-20(25)23-22(30)24(21(15)26)16-7-5-6-8-17(16)27-3/h5-13H,1-4H3,(H,23,25,30)/b15-11+. The minimum absolute atomic E-state index is 0.00934. The van der Waals surface area contributed by atoms with Crippen molar-refractivity contribution in [3.05, 3.63) is 53.6 Å². The summed E-state index contributed by atoms with van der Waals surface area (Å²) in [4.78, 5) is 26.9. The number of nitrogens with one attached hydrogen (secondary N) is 1. The zero-order chi connectivity index (χ0) is 21.8. The molecule has 1 aliphatic rings. The lowest BCUT2D eigenvalue weighted by Gasteiger charge is -2.29. The Bertz CT molecular complexity index is 1030. The monoisotopic (exact) mass is 426 g/mol. The smallest absolute Gasteiger partial charge is 0.270 e. The lowest BCUT2D eigenvalue weighted by molar-refractivity contribution is -0.122. The summed E-state index contributed by atoms with van der Waals surface area (Å²) >= 11 is 5.24. The molecule has 1 N–H and O–H groups in total. The molecule has 1 heterocycles. The first-order chi connectivity index (χ1) is 14.3. The Morgan fingerprint density at radius 2 is 1.70 bits per heavy atom. The van der Waals surface area contributed by atoms with Gasteiger partial charge in [0.2, 0.25) is 0 Å². The van der Waals surface area contributed by atoms with Gasteiger partial charge in [-0.2, -0.15) is 0 Å². The average Bonchev–Trinajstić information content (AvgIpc) is 2.71. The molecule has 2 aromatic carbocycles. The van der Waals surface area contributed by atoms with Crippen molar-refractivity contribution in [2.45, 2.75) is 20.0 Å². The van der Waals surface area contributed by atoms with Crippen LogP contribution in [0, 0.1) is 0 Å². The number of ether oxygens (including phenoxy) is 3. The number of anilines is 1. The number of thiocarbonyl (C=S) groups is 1. The van der Waals surface area contributed by atoms with Gasteiger partial charge < -0.3 is 14.2 Å². The summed E-state index contributed by atoms with van der Waals surface area (Å²) in [5.41, 5.74) is 0.988. The van der Waals surface area contributed by atoms with Crippen molar-refractivity contribution >= 4 is 40.9 Å². The molecule has 1 aliphatic heterocycles. The van der Waals surface area contributed by atoms with E-state index < -0.39 is 11.8 Å². The van der Waals surface area contributed by atoms with Gasteiger partial charge >= 0.3 is 0 Å². The highest BCUT2D eigenvalue weighted by Crippen LogP contribution is 2.32. The largest absolute Gasteiger partial charge is 0.495 e. The summed E-state index contributed by atoms with van der Waals surface area (Å²) in [5.74, 6) is 0.414. The zero-order valence-electron chi connectivity index (χ0n) is 17.1. The lowest BCUT2D eigenvalue weighted by Crippen LogP contribution is -2.54. The van der Waals surface area contributed by atoms with E-state index >= 15 is 0 Å². The van der Waals surface area contributed by atoms with E-state index in [-0.39, 0.29) is 16.8 Å². The molecule has 156 valence electrons. The number of amides is 2. The van der Waals surface area contributed by atoms with Crippen LogP contribution < -0.4 is 24.4 Å². The number of carbonyl (C=O) groups is 2. The topological polar surface area (TPSA) is 77.1 Å². The molecule has 0 spiro atoms. The van der Waals surface area contributed by atoms with E-state index in [2.05, 4.69) is 5.32 Å². The van der Waals surface area contributed by atoms with Gasteiger partial charge in [0.15, 0.2) is 16.6 Å². The van der Waals surface area contributed by atoms with Gasteiger partial charge in [-0.1, -0.05) is 18.2 Å². The third-order valence-electron chi connectivity index (χ3n) is 4.29. The van der Waals surface area contributed by atoms with Crippen LogP contribution in [0.25, 0.3) is 6.08 Å². The Morgan fingerprint density at radius 1 is 1.00 bits per heavy atom. The summed E-state index contributed by atoms with van der Waals surface area (Å²) < 4.78 is 16.4. The Morgan fingerprint density at radius 3 is 2.37 bits per heavy atom. The fourth-order valence-electron chi connectivity index (χ4n) is 2.98. The van der Waals surface area contributed by atoms with Crippen molar-refractivity contribution < 1.29 is 23.8 Å². The molecule has 0 saturated carbocycles. The Labute approximate surface area is 180 Å². The number of benzene rings is 2. The highest BCUT2D eigenvalue weighted by atomic mass is 32.1. The van der Waals surface area contributed by atoms with Crippen LogP contribution in [0.4, 0.5) is 5.69 Å². The maximum Gasteiger partial charge on any atom is 0.270 e. The molecule has 0 aliphatic carbocycles. The van der Waals surface area contributed by atoms with Crippen LogP contribution in [0.1, 0.15) is 19.4 Å². The predicted molar refractivity (Wildman–Crippen MR) is 118 cm³/mol. The number of nitrogens with zero attached hydrogens (tertiary/aromatic N) is 1. The summed E-state index contributed by atoms with van der Waals surface area (Å²) in [5, 5.41) is 2.55. The number of hydrogen-bond acceptors (Lipinski definition) is 6. The van der Waals surface area contributed by atoms with Gasteiger partial charge in [0.25, 0.3) is 11.8 Å². The van der Waals surface area contributed by atoms with Crippen LogP contribution in [0.5, 0.6) is 17.2 Å². The molecule has 1 fully saturated rings. The molecular formula is C22H22N2O5S. The quantitative estimate of drug-likeness (QED) is 0.434. The van der Waals surface area contributed by atoms with E-state index in [4.69, 9.17) is 26.4 Å². The number of methoxy groups -OCH3 is 2. The molecule has 0 unspecified atom stereocenters. The van der Waals surface area contributed by atoms with E-state index in [1.165, 1.54) is 25.2 Å². The Hall–Kier alpha value is -3.39. The van der Waals surface area contributed by atoms with Gasteiger partial charge in [-0.25, -0.2) is 4.90 Å². The third kappa shape index (κ3) is 4.28. The van der Waals surface area contributed by atoms with Crippen LogP contribution >= 0.6 is 12.2 Å². The molecule has 0 radical (unpaired) electrons. The molecule has 2 aromatic rings. The maximum atomic E-state index is 13.2. The van der Waals surface area contributed by atoms with Crippen LogP contribution in [0.3, 0.4) is 0 Å². The SMILES string of the molecule is COc1cc(/C=C2\C(=O)NC(=S)N(c3ccccc3OC)C2=O)ccc1OC(C)C. The van der Waals surface area contributed by atoms with Gasteiger partial charge in [0.05, 0.1) is 26.0 Å². The zero-order valence-corrected chi connectivity index (χ0v) is 17.9. The van der Waals surface area contributed by atoms with Crippen LogP contribution in [0.15, 0.2) is 48.0 Å². The number of para-hydroxylation sites is 2. The normalized spacial score (nSPS) is 15.4. The molecular weight excluding hydrogens is 404 g/mol. The minimum atomic E-state index is -0.572. The molecule has 7 nitrogen and oxygen atoms in total. The summed E-state index contributed by atoms with van der Waals surface area (Å²) in [6.45, 7) is 3.82. The molecule has 1 saturated heterocycles. The minimum Gasteiger partial charge on any atom is -0.495 e. The van der Waals surface area contributed by atoms with Gasteiger partial charge in [-0.15, -0.1) is 0 Å². The third-order valence-corrected chi connectivity index (χ3v) is 4.57. The van der Waals surface area contributed by atoms with Crippen molar-refractivity contribution in [2.24, 2.45) is 0 Å². The second-order valence-corrected chi connectivity index (χ2v) is 7.09. The van der Waals surface area contributed by atoms with Crippen molar-refractivity contribution in [3.8, 4) is 17.2 Å². The molecule has 3 rings (SSSR count). The van der Waals surface area contributed by atoms with Crippen molar-refractivity contribution in [1.29, 1.82) is 0 Å². The first kappa shape index (κ1) is 21.3. The van der Waals surface area contributed by atoms with E-state index in [9.17, 15) is 9.59 Å². The van der Waals surface area contributed by atoms with Gasteiger partial charge in [0.1, 0.15) is 11.3 Å². The number of carbonyl (C=O) groups excluding carboxylic acids is 2. The second kappa shape index (κ2) is 8.96. The van der Waals surface area contributed by atoms with E-state index in [1.807, 2.05) is 13.8 Å². The van der Waals surface area contributed by atoms with E-state index in [0.29, 0.717) is 28.5 Å². The summed E-state index contributed by atoms with van der Waals surface area (Å²) in [6, 6.07) is 12.1. The first-order valence-electron chi connectivity index (χ1n) is 9.25. The van der Waals surface area contributed by atoms with Crippen LogP contribution in [0.2, 0.25) is 0 Å². The van der Waals surface area contributed by atoms with E-state index in [1.54, 1.807) is 42.5 Å². The lowest BCUT2D eigenvalue weighted by atomic mass is 10.1. The van der Waals surface area contributed by atoms with E-state index in [0.717, 1.165) is 0 Å². The van der Waals surface area contributed by atoms with Crippen molar-refractivity contribution in [1.82, 2.24) is 5.32 Å². The fraction of sp³-hybridized carbons (Fsp3) is 0.227. The van der Waals surface area contributed by atoms with Crippen molar-refractivity contribution in [3.63, 3.8) is 0 Å². The van der Waals surface area contributed by atoms with Gasteiger partial charge in [0, 0.05) is 0 Å². The molecule has 0 atom stereocenters. The molecule has 30 heavy (non-hydrogen) atoms. The second-order valence-electron chi connectivity index (χ2n) is 6.71. The maximum absolute atomic E-state index is 13.2. The highest BCUT2D eigenvalue weighted by Gasteiger charge is 2.35. The fourth-order valence-corrected chi connectivity index (χ4v) is 3.26. The molecule has 8 heteroatoms. The van der Waals surface area contributed by atoms with Gasteiger partial charge in [-0.3, -0.25) is 14.9 Å². The van der Waals surface area contributed by atoms with Crippen LogP contribution in [-0.2, 0) is 9.59 Å². The highest BCUT2D eigenvalue weighted by molar-refractivity contribution is 7.80. The predicted octanol–water partition coefficient (Wildman–Crippen LogP) is 3.32. The molecule has 2 amide bonds. The number of hydrogen-bond donors (Lipinski definition) is 1. The molecule has 0 aromatic heterocycles. The van der Waals surface area contributed by atoms with Crippen molar-refractivity contribution in [2.75, 3.05) is 19.1 Å². The summed E-state index contributed by atoms with van der Waals surface area (Å²) in [6.07, 6.45) is 1.47. The number of rotatable bonds is 6. The average molecular weight is 426 g/mol. The first-order valence-corrected chi connectivity index (χ1v) is 9.65.